The van der Waals surface area contributed by atoms with E-state index in [0.717, 1.165) is 32.5 Å². The highest BCUT2D eigenvalue weighted by molar-refractivity contribution is 7.22. The van der Waals surface area contributed by atoms with Crippen molar-refractivity contribution in [3.05, 3.63) is 65.3 Å². The van der Waals surface area contributed by atoms with Gasteiger partial charge >= 0.3 is 6.03 Å². The van der Waals surface area contributed by atoms with E-state index in [-0.39, 0.29) is 11.6 Å². The van der Waals surface area contributed by atoms with Gasteiger partial charge in [-0.05, 0) is 42.3 Å². The monoisotopic (exact) mass is 391 g/mol. The van der Waals surface area contributed by atoms with Gasteiger partial charge in [-0.3, -0.25) is 15.1 Å². The van der Waals surface area contributed by atoms with Gasteiger partial charge in [0.25, 0.3) is 0 Å². The largest absolute Gasteiger partial charge is 0.338 e. The van der Waals surface area contributed by atoms with Crippen molar-refractivity contribution in [1.82, 2.24) is 20.3 Å². The lowest BCUT2D eigenvalue weighted by Crippen LogP contribution is -2.28. The number of urea groups is 1. The van der Waals surface area contributed by atoms with Gasteiger partial charge in [0, 0.05) is 42.3 Å². The fraction of sp³-hybridized carbons (Fsp3) is 0.100. The highest BCUT2D eigenvalue weighted by Gasteiger charge is 2.14. The van der Waals surface area contributed by atoms with Crippen molar-refractivity contribution in [2.45, 2.75) is 6.92 Å². The number of aromatic nitrogens is 3. The van der Waals surface area contributed by atoms with Crippen molar-refractivity contribution in [3.8, 4) is 22.3 Å². The number of H-pyrrole nitrogens is 1. The molecule has 0 bridgehead atoms. The highest BCUT2D eigenvalue weighted by atomic mass is 32.1. The molecule has 0 radical (unpaired) electrons. The molecule has 1 aromatic carbocycles. The van der Waals surface area contributed by atoms with Gasteiger partial charge in [-0.25, -0.2) is 9.78 Å². The van der Waals surface area contributed by atoms with Crippen molar-refractivity contribution in [2.75, 3.05) is 11.9 Å². The number of amides is 2. The Labute approximate surface area is 164 Å². The summed E-state index contributed by atoms with van der Waals surface area (Å²) in [4.78, 5) is 34.8. The summed E-state index contributed by atoms with van der Waals surface area (Å²) in [5.74, 6) is 0. The Morgan fingerprint density at radius 2 is 2.07 bits per heavy atom. The maximum atomic E-state index is 11.9. The van der Waals surface area contributed by atoms with Gasteiger partial charge in [0.15, 0.2) is 5.13 Å². The Morgan fingerprint density at radius 1 is 1.18 bits per heavy atom. The molecule has 3 heterocycles. The third kappa shape index (κ3) is 3.63. The van der Waals surface area contributed by atoms with Crippen LogP contribution < -0.4 is 16.2 Å². The Kier molecular flexibility index (Phi) is 4.86. The van der Waals surface area contributed by atoms with Crippen LogP contribution >= 0.6 is 11.3 Å². The molecule has 7 nitrogen and oxygen atoms in total. The second-order valence-electron chi connectivity index (χ2n) is 6.06. The zero-order valence-corrected chi connectivity index (χ0v) is 15.8. The molecule has 0 aliphatic rings. The molecule has 4 rings (SSSR count). The summed E-state index contributed by atoms with van der Waals surface area (Å²) in [6.07, 6.45) is 5.19. The standard InChI is InChI=1S/C20H17N5O2S/c1-2-22-19(27)25-20-24-16-9-14(12-5-6-17(26)23-11-12)8-15(18(16)28-20)13-4-3-7-21-10-13/h3-11H,2H2,1H3,(H,23,26)(H2,22,24,25,27). The minimum Gasteiger partial charge on any atom is -0.338 e. The first-order valence-electron chi connectivity index (χ1n) is 8.73. The second-order valence-corrected chi connectivity index (χ2v) is 7.06. The minimum absolute atomic E-state index is 0.153. The predicted molar refractivity (Wildman–Crippen MR) is 112 cm³/mol. The third-order valence-electron chi connectivity index (χ3n) is 4.14. The molecule has 0 saturated heterocycles. The molecular formula is C20H17N5O2S. The molecule has 3 aromatic heterocycles. The number of carbonyl (C=O) groups is 1. The number of carbonyl (C=O) groups excluding carboxylic acids is 1. The lowest BCUT2D eigenvalue weighted by atomic mass is 10.0. The summed E-state index contributed by atoms with van der Waals surface area (Å²) < 4.78 is 0.952. The van der Waals surface area contributed by atoms with Gasteiger partial charge in [0.2, 0.25) is 5.56 Å². The van der Waals surface area contributed by atoms with E-state index in [2.05, 4.69) is 25.6 Å². The Balaban J connectivity index is 1.87. The smallest absolute Gasteiger partial charge is 0.321 e. The number of pyridine rings is 2. The summed E-state index contributed by atoms with van der Waals surface area (Å²) in [6, 6.07) is 10.8. The SMILES string of the molecule is CCNC(=O)Nc1nc2cc(-c3ccc(=O)[nH]c3)cc(-c3cccnc3)c2s1. The fourth-order valence-electron chi connectivity index (χ4n) is 2.88. The summed E-state index contributed by atoms with van der Waals surface area (Å²) in [6.45, 7) is 2.39. The van der Waals surface area contributed by atoms with Gasteiger partial charge in [-0.2, -0.15) is 0 Å². The molecule has 0 saturated carbocycles. The lowest BCUT2D eigenvalue weighted by molar-refractivity contribution is 0.252. The molecule has 28 heavy (non-hydrogen) atoms. The van der Waals surface area contributed by atoms with Crippen LogP contribution in [-0.4, -0.2) is 27.5 Å². The topological polar surface area (TPSA) is 99.8 Å². The number of rotatable bonds is 4. The molecular weight excluding hydrogens is 374 g/mol. The Bertz CT molecular complexity index is 1180. The molecule has 8 heteroatoms. The predicted octanol–water partition coefficient (Wildman–Crippen LogP) is 3.86. The number of hydrogen-bond donors (Lipinski definition) is 3. The van der Waals surface area contributed by atoms with Crippen LogP contribution in [0.25, 0.3) is 32.5 Å². The first-order chi connectivity index (χ1) is 13.6. The molecule has 2 amide bonds. The molecule has 0 atom stereocenters. The van der Waals surface area contributed by atoms with Gasteiger partial charge < -0.3 is 10.3 Å². The van der Waals surface area contributed by atoms with Crippen molar-refractivity contribution < 1.29 is 4.79 Å². The van der Waals surface area contributed by atoms with E-state index in [9.17, 15) is 9.59 Å². The number of nitrogens with zero attached hydrogens (tertiary/aromatic N) is 2. The molecule has 0 aliphatic heterocycles. The summed E-state index contributed by atoms with van der Waals surface area (Å²) >= 11 is 1.41. The molecule has 140 valence electrons. The first-order valence-corrected chi connectivity index (χ1v) is 9.54. The second kappa shape index (κ2) is 7.61. The van der Waals surface area contributed by atoms with Crippen molar-refractivity contribution in [1.29, 1.82) is 0 Å². The Morgan fingerprint density at radius 3 is 2.79 bits per heavy atom. The van der Waals surface area contributed by atoms with Crippen LogP contribution in [0.15, 0.2) is 59.8 Å². The first kappa shape index (κ1) is 17.9. The maximum Gasteiger partial charge on any atom is 0.321 e. The number of aromatic amines is 1. The van der Waals surface area contributed by atoms with Crippen LogP contribution in [0.1, 0.15) is 6.92 Å². The van der Waals surface area contributed by atoms with E-state index in [1.807, 2.05) is 31.2 Å². The summed E-state index contributed by atoms with van der Waals surface area (Å²) in [5.41, 5.74) is 4.31. The average molecular weight is 391 g/mol. The molecule has 0 unspecified atom stereocenters. The summed E-state index contributed by atoms with van der Waals surface area (Å²) in [7, 11) is 0. The van der Waals surface area contributed by atoms with Crippen LogP contribution in [0, 0.1) is 0 Å². The molecule has 3 N–H and O–H groups in total. The van der Waals surface area contributed by atoms with Gasteiger partial charge in [0.05, 0.1) is 10.2 Å². The molecule has 0 aliphatic carbocycles. The van der Waals surface area contributed by atoms with Crippen LogP contribution in [0.5, 0.6) is 0 Å². The minimum atomic E-state index is -0.287. The molecule has 0 fully saturated rings. The number of benzene rings is 1. The van der Waals surface area contributed by atoms with Crippen LogP contribution in [0.2, 0.25) is 0 Å². The van der Waals surface area contributed by atoms with E-state index in [1.54, 1.807) is 24.7 Å². The molecule has 4 aromatic rings. The number of hydrogen-bond acceptors (Lipinski definition) is 5. The number of thiazole rings is 1. The van der Waals surface area contributed by atoms with Crippen LogP contribution in [-0.2, 0) is 0 Å². The molecule has 0 spiro atoms. The van der Waals surface area contributed by atoms with E-state index >= 15 is 0 Å². The zero-order valence-electron chi connectivity index (χ0n) is 15.0. The lowest BCUT2D eigenvalue weighted by Gasteiger charge is -2.07. The van der Waals surface area contributed by atoms with E-state index in [1.165, 1.54) is 17.4 Å². The van der Waals surface area contributed by atoms with E-state index in [4.69, 9.17) is 0 Å². The van der Waals surface area contributed by atoms with Crippen molar-refractivity contribution in [3.63, 3.8) is 0 Å². The van der Waals surface area contributed by atoms with Gasteiger partial charge in [0.1, 0.15) is 0 Å². The third-order valence-corrected chi connectivity index (χ3v) is 5.16. The average Bonchev–Trinajstić information content (AvgIpc) is 3.10. The normalized spacial score (nSPS) is 10.8. The van der Waals surface area contributed by atoms with E-state index in [0.29, 0.717) is 11.7 Å². The number of fused-ring (bicyclic) bond motifs is 1. The van der Waals surface area contributed by atoms with Crippen molar-refractivity contribution in [2.24, 2.45) is 0 Å². The number of nitrogens with one attached hydrogen (secondary N) is 3. The van der Waals surface area contributed by atoms with Crippen molar-refractivity contribution >= 4 is 32.7 Å². The van der Waals surface area contributed by atoms with Gasteiger partial charge in [-0.1, -0.05) is 17.4 Å². The van der Waals surface area contributed by atoms with E-state index < -0.39 is 0 Å². The Hall–Kier alpha value is -3.52. The number of anilines is 1. The van der Waals surface area contributed by atoms with Crippen LogP contribution in [0.3, 0.4) is 0 Å². The van der Waals surface area contributed by atoms with Gasteiger partial charge in [-0.15, -0.1) is 0 Å². The summed E-state index contributed by atoms with van der Waals surface area (Å²) in [5, 5.41) is 5.99. The highest BCUT2D eigenvalue weighted by Crippen LogP contribution is 2.38. The quantitative estimate of drug-likeness (QED) is 0.492. The van der Waals surface area contributed by atoms with Crippen LogP contribution in [0.4, 0.5) is 9.93 Å². The zero-order chi connectivity index (χ0) is 19.5. The maximum absolute atomic E-state index is 11.9. The fourth-order valence-corrected chi connectivity index (χ4v) is 3.86.